The molecule has 0 fully saturated rings. The maximum atomic E-state index is 10.1. The van der Waals surface area contributed by atoms with Gasteiger partial charge in [0.2, 0.25) is 0 Å². The van der Waals surface area contributed by atoms with Crippen molar-refractivity contribution in [3.8, 4) is 0 Å². The summed E-state index contributed by atoms with van der Waals surface area (Å²) in [6, 6.07) is 0. The number of hydrogen-bond acceptors (Lipinski definition) is 3. The van der Waals surface area contributed by atoms with Gasteiger partial charge in [-0.2, -0.15) is 0 Å². The van der Waals surface area contributed by atoms with E-state index in [1.54, 1.807) is 0 Å². The van der Waals surface area contributed by atoms with Crippen molar-refractivity contribution in [3.05, 3.63) is 12.2 Å². The van der Waals surface area contributed by atoms with Crippen LogP contribution in [0.25, 0.3) is 0 Å². The average molecular weight is 130 g/mol. The van der Waals surface area contributed by atoms with Crippen LogP contribution in [0, 0.1) is 0 Å². The van der Waals surface area contributed by atoms with Crippen molar-refractivity contribution in [1.82, 2.24) is 0 Å². The van der Waals surface area contributed by atoms with Crippen LogP contribution in [0.2, 0.25) is 0 Å². The Hall–Kier alpha value is -1.16. The molecule has 0 heterocycles. The van der Waals surface area contributed by atoms with Crippen LogP contribution in [0.15, 0.2) is 12.2 Å². The number of carboxylic acids is 1. The van der Waals surface area contributed by atoms with Crippen LogP contribution in [-0.4, -0.2) is 28.6 Å². The molecule has 0 atom stereocenters. The van der Waals surface area contributed by atoms with Crippen molar-refractivity contribution in [3.63, 3.8) is 0 Å². The van der Waals surface area contributed by atoms with Gasteiger partial charge in [0.05, 0.1) is 0 Å². The molecule has 0 bridgehead atoms. The van der Waals surface area contributed by atoms with E-state index < -0.39 is 18.4 Å². The highest BCUT2D eigenvalue weighted by Gasteiger charge is 1.91. The number of carbonyl (C=O) groups is 2. The van der Waals surface area contributed by atoms with Gasteiger partial charge in [-0.15, -0.1) is 0 Å². The second-order valence-electron chi connectivity index (χ2n) is 1.30. The Kier molecular flexibility index (Phi) is 3.31. The van der Waals surface area contributed by atoms with E-state index in [0.717, 1.165) is 6.08 Å². The summed E-state index contributed by atoms with van der Waals surface area (Å²) < 4.78 is 0. The summed E-state index contributed by atoms with van der Waals surface area (Å²) in [5.41, 5.74) is 0. The van der Waals surface area contributed by atoms with Crippen molar-refractivity contribution in [2.45, 2.75) is 0 Å². The molecule has 0 amide bonds. The zero-order valence-corrected chi connectivity index (χ0v) is 4.57. The summed E-state index contributed by atoms with van der Waals surface area (Å²) in [5, 5.41) is 16.0. The second-order valence-corrected chi connectivity index (χ2v) is 1.30. The van der Waals surface area contributed by atoms with E-state index in [9.17, 15) is 9.59 Å². The van der Waals surface area contributed by atoms with E-state index >= 15 is 0 Å². The van der Waals surface area contributed by atoms with Gasteiger partial charge in [0.1, 0.15) is 6.61 Å². The molecule has 0 rings (SSSR count). The first-order valence-corrected chi connectivity index (χ1v) is 2.21. The normalized spacial score (nSPS) is 9.89. The highest BCUT2D eigenvalue weighted by atomic mass is 16.4. The summed E-state index contributed by atoms with van der Waals surface area (Å²) in [5.74, 6) is -1.81. The van der Waals surface area contributed by atoms with E-state index in [1.165, 1.54) is 0 Å². The van der Waals surface area contributed by atoms with Gasteiger partial charge in [0.15, 0.2) is 5.78 Å². The third-order valence-corrected chi connectivity index (χ3v) is 0.568. The van der Waals surface area contributed by atoms with E-state index in [2.05, 4.69) is 0 Å². The minimum atomic E-state index is -1.20. The molecule has 0 saturated heterocycles. The number of aliphatic hydroxyl groups is 1. The minimum absolute atomic E-state index is 0.614. The first-order chi connectivity index (χ1) is 4.16. The van der Waals surface area contributed by atoms with Crippen molar-refractivity contribution in [1.29, 1.82) is 0 Å². The lowest BCUT2D eigenvalue weighted by molar-refractivity contribution is -0.131. The molecule has 0 spiro atoms. The molecule has 0 unspecified atom stereocenters. The summed E-state index contributed by atoms with van der Waals surface area (Å²) in [6.07, 6.45) is 1.49. The number of aliphatic carboxylic acids is 1. The van der Waals surface area contributed by atoms with E-state index in [4.69, 9.17) is 10.2 Å². The lowest BCUT2D eigenvalue weighted by Gasteiger charge is -1.80. The van der Waals surface area contributed by atoms with Gasteiger partial charge in [-0.3, -0.25) is 4.79 Å². The second kappa shape index (κ2) is 3.80. The lowest BCUT2D eigenvalue weighted by atomic mass is 10.4. The number of ketones is 1. The molecule has 9 heavy (non-hydrogen) atoms. The first kappa shape index (κ1) is 7.84. The Morgan fingerprint density at radius 1 is 1.33 bits per heavy atom. The summed E-state index contributed by atoms with van der Waals surface area (Å²) in [4.78, 5) is 19.8. The fourth-order valence-electron chi connectivity index (χ4n) is 0.217. The third-order valence-electron chi connectivity index (χ3n) is 0.568. The third kappa shape index (κ3) is 4.70. The fourth-order valence-corrected chi connectivity index (χ4v) is 0.217. The molecule has 0 aliphatic carbocycles. The predicted octanol–water partition coefficient (Wildman–Crippen LogP) is -0.811. The predicted molar refractivity (Wildman–Crippen MR) is 28.9 cm³/mol. The summed E-state index contributed by atoms with van der Waals surface area (Å²) >= 11 is 0. The van der Waals surface area contributed by atoms with Gasteiger partial charge in [0, 0.05) is 6.08 Å². The molecule has 0 aromatic rings. The molecule has 0 saturated carbocycles. The largest absolute Gasteiger partial charge is 0.478 e. The van der Waals surface area contributed by atoms with Gasteiger partial charge in [-0.1, -0.05) is 0 Å². The lowest BCUT2D eigenvalue weighted by Crippen LogP contribution is -1.99. The number of hydrogen-bond donors (Lipinski definition) is 2. The maximum Gasteiger partial charge on any atom is 0.328 e. The SMILES string of the molecule is O=C(O)/C=C/C(=O)CO. The van der Waals surface area contributed by atoms with Crippen molar-refractivity contribution < 1.29 is 19.8 Å². The summed E-state index contributed by atoms with van der Waals surface area (Å²) in [7, 11) is 0. The highest BCUT2D eigenvalue weighted by molar-refractivity contribution is 5.95. The zero-order chi connectivity index (χ0) is 7.28. The van der Waals surface area contributed by atoms with Gasteiger partial charge in [-0.25, -0.2) is 4.79 Å². The monoisotopic (exact) mass is 130 g/mol. The number of aliphatic hydroxyl groups excluding tert-OH is 1. The molecule has 50 valence electrons. The van der Waals surface area contributed by atoms with Gasteiger partial charge >= 0.3 is 5.97 Å². The molecule has 0 aliphatic heterocycles. The Bertz CT molecular complexity index is 147. The topological polar surface area (TPSA) is 74.6 Å². The Labute approximate surface area is 51.4 Å². The van der Waals surface area contributed by atoms with Crippen molar-refractivity contribution >= 4 is 11.8 Å². The van der Waals surface area contributed by atoms with Crippen LogP contribution in [0.5, 0.6) is 0 Å². The van der Waals surface area contributed by atoms with E-state index in [1.807, 2.05) is 0 Å². The van der Waals surface area contributed by atoms with Crippen LogP contribution in [0.3, 0.4) is 0 Å². The van der Waals surface area contributed by atoms with Gasteiger partial charge in [-0.05, 0) is 6.08 Å². The first-order valence-electron chi connectivity index (χ1n) is 2.21. The molecular weight excluding hydrogens is 124 g/mol. The van der Waals surface area contributed by atoms with Crippen LogP contribution < -0.4 is 0 Å². The summed E-state index contributed by atoms with van der Waals surface area (Å²) in [6.45, 7) is -0.649. The molecular formula is C5H6O4. The number of carbonyl (C=O) groups excluding carboxylic acids is 1. The smallest absolute Gasteiger partial charge is 0.328 e. The van der Waals surface area contributed by atoms with Crippen LogP contribution in [0.1, 0.15) is 0 Å². The Morgan fingerprint density at radius 2 is 1.89 bits per heavy atom. The standard InChI is InChI=1S/C5H6O4/c6-3-4(7)1-2-5(8)9/h1-2,6H,3H2,(H,8,9)/b2-1+. The maximum absolute atomic E-state index is 10.1. The van der Waals surface area contributed by atoms with E-state index in [0.29, 0.717) is 6.08 Å². The highest BCUT2D eigenvalue weighted by Crippen LogP contribution is 1.74. The average Bonchev–Trinajstić information content (AvgIpc) is 1.83. The molecule has 0 aromatic heterocycles. The minimum Gasteiger partial charge on any atom is -0.478 e. The number of rotatable bonds is 3. The molecule has 0 aliphatic rings. The van der Waals surface area contributed by atoms with Crippen LogP contribution >= 0.6 is 0 Å². The van der Waals surface area contributed by atoms with Crippen molar-refractivity contribution in [2.24, 2.45) is 0 Å². The van der Waals surface area contributed by atoms with Crippen LogP contribution in [-0.2, 0) is 9.59 Å². The van der Waals surface area contributed by atoms with Gasteiger partial charge in [0.25, 0.3) is 0 Å². The fraction of sp³-hybridized carbons (Fsp3) is 0.200. The molecule has 2 N–H and O–H groups in total. The molecule has 0 aromatic carbocycles. The van der Waals surface area contributed by atoms with E-state index in [-0.39, 0.29) is 0 Å². The number of carboxylic acid groups (broad SMARTS) is 1. The molecule has 4 heteroatoms. The van der Waals surface area contributed by atoms with Crippen LogP contribution in [0.4, 0.5) is 0 Å². The molecule has 4 nitrogen and oxygen atoms in total. The zero-order valence-electron chi connectivity index (χ0n) is 4.57. The Balaban J connectivity index is 3.71. The van der Waals surface area contributed by atoms with Gasteiger partial charge < -0.3 is 10.2 Å². The quantitative estimate of drug-likeness (QED) is 0.490. The van der Waals surface area contributed by atoms with Crippen molar-refractivity contribution in [2.75, 3.05) is 6.61 Å². The molecule has 0 radical (unpaired) electrons. The Morgan fingerprint density at radius 3 is 2.22 bits per heavy atom.